The van der Waals surface area contributed by atoms with Gasteiger partial charge in [-0.05, 0) is 18.2 Å². The van der Waals surface area contributed by atoms with Gasteiger partial charge in [-0.1, -0.05) is 11.6 Å². The van der Waals surface area contributed by atoms with E-state index in [0.717, 1.165) is 12.3 Å². The Balaban J connectivity index is 1.85. The van der Waals surface area contributed by atoms with Gasteiger partial charge in [0.15, 0.2) is 9.84 Å². The molecule has 0 amide bonds. The number of nitro benzene ring substituents is 1. The summed E-state index contributed by atoms with van der Waals surface area (Å²) in [5.41, 5.74) is 0.234. The zero-order valence-electron chi connectivity index (χ0n) is 14.0. The normalized spacial score (nSPS) is 15.2. The minimum Gasteiger partial charge on any atom is -0.367 e. The van der Waals surface area contributed by atoms with E-state index in [2.05, 4.69) is 4.98 Å². The summed E-state index contributed by atoms with van der Waals surface area (Å²) < 4.78 is 24.2. The van der Waals surface area contributed by atoms with Gasteiger partial charge in [0.25, 0.3) is 5.69 Å². The maximum Gasteiger partial charge on any atom is 0.270 e. The molecule has 1 aromatic carbocycles. The van der Waals surface area contributed by atoms with E-state index in [1.807, 2.05) is 9.80 Å². The van der Waals surface area contributed by atoms with Crippen molar-refractivity contribution in [2.45, 2.75) is 4.90 Å². The zero-order chi connectivity index (χ0) is 18.9. The quantitative estimate of drug-likeness (QED) is 0.578. The van der Waals surface area contributed by atoms with Crippen LogP contribution in [0, 0.1) is 10.1 Å². The van der Waals surface area contributed by atoms with Crippen LogP contribution in [0.1, 0.15) is 0 Å². The Kier molecular flexibility index (Phi) is 5.01. The zero-order valence-corrected chi connectivity index (χ0v) is 15.6. The molecule has 3 rings (SSSR count). The number of halogens is 1. The summed E-state index contributed by atoms with van der Waals surface area (Å²) in [5.74, 6) is 0.695. The van der Waals surface area contributed by atoms with E-state index in [-0.39, 0.29) is 10.6 Å². The van der Waals surface area contributed by atoms with Crippen molar-refractivity contribution in [2.24, 2.45) is 0 Å². The van der Waals surface area contributed by atoms with Crippen molar-refractivity contribution in [1.29, 1.82) is 0 Å². The number of rotatable bonds is 4. The first-order valence-corrected chi connectivity index (χ1v) is 10.1. The van der Waals surface area contributed by atoms with Gasteiger partial charge in [-0.3, -0.25) is 10.1 Å². The summed E-state index contributed by atoms with van der Waals surface area (Å²) in [4.78, 5) is 18.6. The average Bonchev–Trinajstić information content (AvgIpc) is 2.61. The Morgan fingerprint density at radius 3 is 2.38 bits per heavy atom. The molecule has 2 heterocycles. The van der Waals surface area contributed by atoms with Crippen molar-refractivity contribution in [1.82, 2.24) is 4.98 Å². The smallest absolute Gasteiger partial charge is 0.270 e. The SMILES string of the molecule is CS(=O)(=O)c1cc([N+](=O)[O-])ccc1N1CCN(c2ncccc2Cl)CC1. The molecule has 138 valence electrons. The van der Waals surface area contributed by atoms with Crippen LogP contribution in [0.3, 0.4) is 0 Å². The molecule has 1 aliphatic rings. The van der Waals surface area contributed by atoms with E-state index in [1.165, 1.54) is 12.1 Å². The third kappa shape index (κ3) is 3.73. The minimum atomic E-state index is -3.60. The molecule has 8 nitrogen and oxygen atoms in total. The molecular weight excluding hydrogens is 380 g/mol. The molecule has 1 saturated heterocycles. The summed E-state index contributed by atoms with van der Waals surface area (Å²) in [5, 5.41) is 11.5. The molecular formula is C16H17ClN4O4S. The van der Waals surface area contributed by atoms with E-state index in [1.54, 1.807) is 18.3 Å². The van der Waals surface area contributed by atoms with Crippen LogP contribution in [0.15, 0.2) is 41.4 Å². The molecule has 10 heteroatoms. The van der Waals surface area contributed by atoms with Gasteiger partial charge in [0.05, 0.1) is 20.5 Å². The number of pyridine rings is 1. The monoisotopic (exact) mass is 396 g/mol. The van der Waals surface area contributed by atoms with Crippen LogP contribution >= 0.6 is 11.6 Å². The van der Waals surface area contributed by atoms with Crippen LogP contribution in [0.5, 0.6) is 0 Å². The third-order valence-corrected chi connectivity index (χ3v) is 5.63. The molecule has 1 aromatic heterocycles. The van der Waals surface area contributed by atoms with E-state index in [0.29, 0.717) is 42.7 Å². The number of aromatic nitrogens is 1. The molecule has 1 fully saturated rings. The molecule has 0 radical (unpaired) electrons. The molecule has 0 saturated carbocycles. The summed E-state index contributed by atoms with van der Waals surface area (Å²) >= 11 is 6.18. The molecule has 0 unspecified atom stereocenters. The Morgan fingerprint density at radius 1 is 1.15 bits per heavy atom. The molecule has 0 atom stereocenters. The lowest BCUT2D eigenvalue weighted by Gasteiger charge is -2.37. The second-order valence-electron chi connectivity index (χ2n) is 5.96. The predicted molar refractivity (Wildman–Crippen MR) is 99.9 cm³/mol. The number of hydrogen-bond acceptors (Lipinski definition) is 7. The van der Waals surface area contributed by atoms with Crippen molar-refractivity contribution in [3.8, 4) is 0 Å². The standard InChI is InChI=1S/C16H17ClN4O4S/c1-26(24,25)15-11-12(21(22)23)4-5-14(15)19-7-9-20(10-8-19)16-13(17)3-2-6-18-16/h2-6,11H,7-10H2,1H3. The molecule has 0 bridgehead atoms. The first-order valence-electron chi connectivity index (χ1n) is 7.86. The fourth-order valence-corrected chi connectivity index (χ4v) is 4.10. The number of sulfone groups is 1. The van der Waals surface area contributed by atoms with Gasteiger partial charge in [-0.2, -0.15) is 0 Å². The first kappa shape index (κ1) is 18.4. The highest BCUT2D eigenvalue weighted by Gasteiger charge is 2.25. The Morgan fingerprint density at radius 2 is 1.81 bits per heavy atom. The van der Waals surface area contributed by atoms with Crippen molar-refractivity contribution in [3.63, 3.8) is 0 Å². The van der Waals surface area contributed by atoms with Crippen molar-refractivity contribution in [2.75, 3.05) is 42.2 Å². The fourth-order valence-electron chi connectivity index (χ4n) is 2.94. The lowest BCUT2D eigenvalue weighted by atomic mass is 10.2. The average molecular weight is 397 g/mol. The lowest BCUT2D eigenvalue weighted by Crippen LogP contribution is -2.47. The fraction of sp³-hybridized carbons (Fsp3) is 0.312. The molecule has 0 N–H and O–H groups in total. The number of nitrogens with zero attached hydrogens (tertiary/aromatic N) is 4. The van der Waals surface area contributed by atoms with Gasteiger partial charge in [-0.15, -0.1) is 0 Å². The number of benzene rings is 1. The maximum atomic E-state index is 12.1. The minimum absolute atomic E-state index is 0.0315. The molecule has 26 heavy (non-hydrogen) atoms. The van der Waals surface area contributed by atoms with Gasteiger partial charge < -0.3 is 9.80 Å². The predicted octanol–water partition coefficient (Wildman–Crippen LogP) is 2.37. The first-order chi connectivity index (χ1) is 12.3. The summed E-state index contributed by atoms with van der Waals surface area (Å²) in [6.07, 6.45) is 2.73. The Bertz CT molecular complexity index is 943. The number of non-ortho nitro benzene ring substituents is 1. The molecule has 2 aromatic rings. The maximum absolute atomic E-state index is 12.1. The van der Waals surface area contributed by atoms with E-state index >= 15 is 0 Å². The Labute approximate surface area is 156 Å². The molecule has 0 aliphatic carbocycles. The van der Waals surface area contributed by atoms with Crippen LogP contribution in [0.4, 0.5) is 17.2 Å². The molecule has 0 spiro atoms. The number of nitro groups is 1. The topological polar surface area (TPSA) is 96.6 Å². The van der Waals surface area contributed by atoms with Crippen LogP contribution in [0.2, 0.25) is 5.02 Å². The van der Waals surface area contributed by atoms with Crippen molar-refractivity contribution >= 4 is 38.6 Å². The van der Waals surface area contributed by atoms with Crippen LogP contribution in [-0.2, 0) is 9.84 Å². The van der Waals surface area contributed by atoms with Crippen LogP contribution in [0.25, 0.3) is 0 Å². The third-order valence-electron chi connectivity index (χ3n) is 4.21. The number of hydrogen-bond donors (Lipinski definition) is 0. The van der Waals surface area contributed by atoms with Gasteiger partial charge in [0, 0.05) is 50.8 Å². The molecule has 1 aliphatic heterocycles. The number of anilines is 2. The Hall–Kier alpha value is -2.39. The summed E-state index contributed by atoms with van der Waals surface area (Å²) in [7, 11) is -3.60. The van der Waals surface area contributed by atoms with Gasteiger partial charge in [-0.25, -0.2) is 13.4 Å². The van der Waals surface area contributed by atoms with E-state index < -0.39 is 14.8 Å². The highest BCUT2D eigenvalue weighted by molar-refractivity contribution is 7.90. The lowest BCUT2D eigenvalue weighted by molar-refractivity contribution is -0.385. The second kappa shape index (κ2) is 7.08. The van der Waals surface area contributed by atoms with Crippen LogP contribution in [-0.4, -0.2) is 50.8 Å². The highest BCUT2D eigenvalue weighted by atomic mass is 35.5. The summed E-state index contributed by atoms with van der Waals surface area (Å²) in [6.45, 7) is 2.31. The summed E-state index contributed by atoms with van der Waals surface area (Å²) in [6, 6.07) is 7.47. The van der Waals surface area contributed by atoms with Gasteiger partial charge in [0.2, 0.25) is 0 Å². The van der Waals surface area contributed by atoms with Crippen molar-refractivity contribution in [3.05, 3.63) is 51.7 Å². The highest BCUT2D eigenvalue weighted by Crippen LogP contribution is 2.31. The van der Waals surface area contributed by atoms with E-state index in [4.69, 9.17) is 11.6 Å². The second-order valence-corrected chi connectivity index (χ2v) is 8.36. The van der Waals surface area contributed by atoms with Crippen molar-refractivity contribution < 1.29 is 13.3 Å². The van der Waals surface area contributed by atoms with Gasteiger partial charge >= 0.3 is 0 Å². The van der Waals surface area contributed by atoms with E-state index in [9.17, 15) is 18.5 Å². The largest absolute Gasteiger partial charge is 0.367 e. The number of piperazine rings is 1. The van der Waals surface area contributed by atoms with Gasteiger partial charge in [0.1, 0.15) is 5.82 Å². The van der Waals surface area contributed by atoms with Crippen LogP contribution < -0.4 is 9.80 Å².